The topological polar surface area (TPSA) is 46.4 Å². The van der Waals surface area contributed by atoms with Crippen molar-refractivity contribution in [2.24, 2.45) is 4.99 Å². The van der Waals surface area contributed by atoms with E-state index in [0.717, 1.165) is 11.4 Å². The number of rotatable bonds is 3. The van der Waals surface area contributed by atoms with Crippen LogP contribution in [0.1, 0.15) is 16.8 Å². The summed E-state index contributed by atoms with van der Waals surface area (Å²) in [4.78, 5) is 17.5. The number of hydrogen-bond donors (Lipinski definition) is 1. The van der Waals surface area contributed by atoms with Crippen LogP contribution < -0.4 is 5.32 Å². The Kier molecular flexibility index (Phi) is 5.54. The summed E-state index contributed by atoms with van der Waals surface area (Å²) in [6.07, 6.45) is 3.85. The van der Waals surface area contributed by atoms with Crippen molar-refractivity contribution < 1.29 is 4.79 Å². The fourth-order valence-corrected chi connectivity index (χ4v) is 4.27. The highest BCUT2D eigenvalue weighted by Crippen LogP contribution is 2.34. The molecule has 0 saturated carbocycles. The van der Waals surface area contributed by atoms with Gasteiger partial charge in [-0.25, -0.2) is 4.99 Å². The van der Waals surface area contributed by atoms with Gasteiger partial charge in [-0.2, -0.15) is 0 Å². The number of halogens is 2. The second-order valence-corrected chi connectivity index (χ2v) is 8.46. The summed E-state index contributed by atoms with van der Waals surface area (Å²) in [6.45, 7) is 4.15. The third kappa shape index (κ3) is 4.13. The third-order valence-electron chi connectivity index (χ3n) is 4.48. The first-order valence-corrected chi connectivity index (χ1v) is 10.5. The molecule has 0 unspecified atom stereocenters. The van der Waals surface area contributed by atoms with Crippen molar-refractivity contribution in [2.45, 2.75) is 13.8 Å². The molecule has 1 aromatic heterocycles. The van der Waals surface area contributed by atoms with Crippen molar-refractivity contribution in [3.63, 3.8) is 0 Å². The van der Waals surface area contributed by atoms with Crippen molar-refractivity contribution in [1.82, 2.24) is 9.88 Å². The second kappa shape index (κ2) is 8.11. The molecule has 0 bridgehead atoms. The van der Waals surface area contributed by atoms with Crippen LogP contribution in [0.5, 0.6) is 0 Å². The SMILES string of the molecule is Cc1ccc(-n2cccc2/C=C2/SC(=Nc3cccc(Cl)c3Cl)NC2=O)c(C)c1. The number of aliphatic imine (C=N–C) groups is 1. The molecule has 0 spiro atoms. The van der Waals surface area contributed by atoms with Gasteiger partial charge in [-0.1, -0.05) is 47.0 Å². The molecule has 0 radical (unpaired) electrons. The van der Waals surface area contributed by atoms with Crippen LogP contribution in [0.3, 0.4) is 0 Å². The maximum absolute atomic E-state index is 12.5. The van der Waals surface area contributed by atoms with Gasteiger partial charge in [-0.15, -0.1) is 0 Å². The molecule has 2 heterocycles. The summed E-state index contributed by atoms with van der Waals surface area (Å²) in [5.74, 6) is -0.194. The van der Waals surface area contributed by atoms with Crippen LogP contribution in [0, 0.1) is 13.8 Å². The quantitative estimate of drug-likeness (QED) is 0.485. The average molecular weight is 442 g/mol. The van der Waals surface area contributed by atoms with Crippen LogP contribution >= 0.6 is 35.0 Å². The minimum absolute atomic E-state index is 0.194. The van der Waals surface area contributed by atoms with Crippen molar-refractivity contribution in [3.8, 4) is 5.69 Å². The molecule has 0 atom stereocenters. The highest BCUT2D eigenvalue weighted by molar-refractivity contribution is 8.18. The van der Waals surface area contributed by atoms with Crippen molar-refractivity contribution in [1.29, 1.82) is 0 Å². The average Bonchev–Trinajstić information content (AvgIpc) is 3.26. The zero-order valence-corrected chi connectivity index (χ0v) is 18.1. The van der Waals surface area contributed by atoms with E-state index in [0.29, 0.717) is 25.8 Å². The Hall–Kier alpha value is -2.47. The van der Waals surface area contributed by atoms with Gasteiger partial charge in [0.15, 0.2) is 5.17 Å². The summed E-state index contributed by atoms with van der Waals surface area (Å²) in [5.41, 5.74) is 4.89. The first-order valence-electron chi connectivity index (χ1n) is 8.91. The number of carbonyl (C=O) groups excluding carboxylic acids is 1. The van der Waals surface area contributed by atoms with E-state index in [-0.39, 0.29) is 5.91 Å². The molecular weight excluding hydrogens is 425 g/mol. The molecule has 4 rings (SSSR count). The molecule has 1 saturated heterocycles. The van der Waals surface area contributed by atoms with E-state index in [1.807, 2.05) is 24.4 Å². The summed E-state index contributed by atoms with van der Waals surface area (Å²) in [6, 6.07) is 15.5. The Bertz CT molecular complexity index is 1180. The van der Waals surface area contributed by atoms with E-state index in [1.165, 1.54) is 22.9 Å². The maximum atomic E-state index is 12.5. The minimum atomic E-state index is -0.194. The van der Waals surface area contributed by atoms with Crippen molar-refractivity contribution in [3.05, 3.63) is 86.5 Å². The number of hydrogen-bond acceptors (Lipinski definition) is 3. The lowest BCUT2D eigenvalue weighted by Gasteiger charge is -2.11. The summed E-state index contributed by atoms with van der Waals surface area (Å²) < 4.78 is 2.07. The Labute approximate surface area is 183 Å². The number of nitrogens with zero attached hydrogens (tertiary/aromatic N) is 2. The van der Waals surface area contributed by atoms with Gasteiger partial charge in [-0.3, -0.25) is 4.79 Å². The number of aromatic nitrogens is 1. The molecule has 1 fully saturated rings. The van der Waals surface area contributed by atoms with E-state index in [1.54, 1.807) is 18.2 Å². The molecule has 2 aromatic carbocycles. The third-order valence-corrected chi connectivity index (χ3v) is 6.19. The predicted octanol–water partition coefficient (Wildman–Crippen LogP) is 6.29. The van der Waals surface area contributed by atoms with E-state index in [2.05, 4.69) is 46.9 Å². The predicted molar refractivity (Wildman–Crippen MR) is 123 cm³/mol. The number of thioether (sulfide) groups is 1. The Balaban J connectivity index is 1.65. The van der Waals surface area contributed by atoms with Crippen LogP contribution in [0.25, 0.3) is 11.8 Å². The van der Waals surface area contributed by atoms with Crippen molar-refractivity contribution >= 4 is 57.8 Å². The molecular formula is C22H17Cl2N3OS. The fourth-order valence-electron chi connectivity index (χ4n) is 3.11. The highest BCUT2D eigenvalue weighted by atomic mass is 35.5. The number of amides is 1. The van der Waals surface area contributed by atoms with Crippen LogP contribution in [0.15, 0.2) is 64.6 Å². The Morgan fingerprint density at radius 2 is 1.93 bits per heavy atom. The number of aryl methyl sites for hydroxylation is 2. The van der Waals surface area contributed by atoms with Gasteiger partial charge < -0.3 is 9.88 Å². The van der Waals surface area contributed by atoms with Crippen LogP contribution in [0.2, 0.25) is 10.0 Å². The maximum Gasteiger partial charge on any atom is 0.264 e. The number of benzene rings is 2. The standard InChI is InChI=1S/C22H17Cl2N3OS/c1-13-8-9-18(14(2)11-13)27-10-4-5-15(27)12-19-21(28)26-22(29-19)25-17-7-3-6-16(23)20(17)24/h3-12H,1-2H3,(H,25,26,28)/b19-12+. The first kappa shape index (κ1) is 19.8. The van der Waals surface area contributed by atoms with Crippen LogP contribution in [-0.4, -0.2) is 15.6 Å². The molecule has 1 amide bonds. The fraction of sp³-hybridized carbons (Fsp3) is 0.0909. The molecule has 1 aliphatic rings. The highest BCUT2D eigenvalue weighted by Gasteiger charge is 2.24. The summed E-state index contributed by atoms with van der Waals surface area (Å²) >= 11 is 13.5. The molecule has 7 heteroatoms. The van der Waals surface area contributed by atoms with E-state index >= 15 is 0 Å². The van der Waals surface area contributed by atoms with Gasteiger partial charge in [0.05, 0.1) is 20.6 Å². The number of amidine groups is 1. The largest absolute Gasteiger partial charge is 0.317 e. The smallest absolute Gasteiger partial charge is 0.264 e. The van der Waals surface area contributed by atoms with Gasteiger partial charge in [0.25, 0.3) is 5.91 Å². The lowest BCUT2D eigenvalue weighted by Crippen LogP contribution is -2.19. The van der Waals surface area contributed by atoms with Crippen LogP contribution in [-0.2, 0) is 4.79 Å². The second-order valence-electron chi connectivity index (χ2n) is 6.65. The van der Waals surface area contributed by atoms with Gasteiger partial charge in [0, 0.05) is 17.6 Å². The zero-order valence-electron chi connectivity index (χ0n) is 15.7. The molecule has 0 aliphatic carbocycles. The zero-order chi connectivity index (χ0) is 20.5. The minimum Gasteiger partial charge on any atom is -0.317 e. The molecule has 29 heavy (non-hydrogen) atoms. The number of carbonyl (C=O) groups is 1. The van der Waals surface area contributed by atoms with E-state index < -0.39 is 0 Å². The molecule has 3 aromatic rings. The molecule has 1 aliphatic heterocycles. The van der Waals surface area contributed by atoms with Crippen molar-refractivity contribution in [2.75, 3.05) is 0 Å². The molecule has 4 nitrogen and oxygen atoms in total. The normalized spacial score (nSPS) is 16.6. The van der Waals surface area contributed by atoms with Gasteiger partial charge >= 0.3 is 0 Å². The summed E-state index contributed by atoms with van der Waals surface area (Å²) in [5, 5.41) is 4.03. The van der Waals surface area contributed by atoms with E-state index in [4.69, 9.17) is 23.2 Å². The van der Waals surface area contributed by atoms with Gasteiger partial charge in [-0.05, 0) is 67.6 Å². The van der Waals surface area contributed by atoms with Gasteiger partial charge in [0.1, 0.15) is 0 Å². The summed E-state index contributed by atoms with van der Waals surface area (Å²) in [7, 11) is 0. The van der Waals surface area contributed by atoms with Gasteiger partial charge in [0.2, 0.25) is 0 Å². The lowest BCUT2D eigenvalue weighted by molar-refractivity contribution is -0.115. The van der Waals surface area contributed by atoms with E-state index in [9.17, 15) is 4.79 Å². The molecule has 146 valence electrons. The Morgan fingerprint density at radius 1 is 1.10 bits per heavy atom. The number of nitrogens with one attached hydrogen (secondary N) is 1. The first-order chi connectivity index (χ1) is 13.9. The lowest BCUT2D eigenvalue weighted by atomic mass is 10.1. The van der Waals surface area contributed by atoms with Crippen LogP contribution in [0.4, 0.5) is 5.69 Å². The monoisotopic (exact) mass is 441 g/mol. The molecule has 1 N–H and O–H groups in total. The Morgan fingerprint density at radius 3 is 2.72 bits per heavy atom.